The second-order valence-corrected chi connectivity index (χ2v) is 7.29. The van der Waals surface area contributed by atoms with Crippen molar-refractivity contribution < 1.29 is 5.11 Å². The van der Waals surface area contributed by atoms with Gasteiger partial charge in [0, 0.05) is 12.6 Å². The lowest BCUT2D eigenvalue weighted by Crippen LogP contribution is -2.47. The van der Waals surface area contributed by atoms with Crippen molar-refractivity contribution in [2.24, 2.45) is 17.3 Å². The molecular formula is C17H32N2O. The number of aliphatic hydroxyl groups is 1. The van der Waals surface area contributed by atoms with E-state index in [1.54, 1.807) is 0 Å². The lowest BCUT2D eigenvalue weighted by molar-refractivity contribution is 0.0490. The normalized spacial score (nSPS) is 27.6. The molecule has 1 N–H and O–H groups in total. The Hall–Kier alpha value is -0.590. The predicted octanol–water partition coefficient (Wildman–Crippen LogP) is 3.44. The number of nitrogens with zero attached hydrogens (tertiary/aromatic N) is 2. The maximum atomic E-state index is 9.45. The standard InChI is InChI=1S/C17H32N2O/c1-5-6-9-19(10-11-20)16-12-15(17(2,3)4)8-7-14(16)13-18/h14-16,20H,5-12H2,1-4H3. The molecule has 1 aliphatic rings. The van der Waals surface area contributed by atoms with Crippen molar-refractivity contribution in [2.45, 2.75) is 65.8 Å². The molecule has 3 heteroatoms. The van der Waals surface area contributed by atoms with Crippen LogP contribution in [-0.4, -0.2) is 35.7 Å². The SMILES string of the molecule is CCCCN(CCO)C1CC(C(C)(C)C)CCC1C#N. The van der Waals surface area contributed by atoms with Crippen LogP contribution in [0.1, 0.15) is 59.8 Å². The molecule has 1 fully saturated rings. The molecule has 0 aliphatic heterocycles. The molecule has 3 unspecified atom stereocenters. The minimum Gasteiger partial charge on any atom is -0.395 e. The van der Waals surface area contributed by atoms with E-state index in [2.05, 4.69) is 38.7 Å². The first-order valence-corrected chi connectivity index (χ1v) is 8.18. The molecule has 0 heterocycles. The summed E-state index contributed by atoms with van der Waals surface area (Å²) in [7, 11) is 0. The van der Waals surface area contributed by atoms with Crippen molar-refractivity contribution in [1.82, 2.24) is 4.90 Å². The maximum absolute atomic E-state index is 9.45. The zero-order valence-electron chi connectivity index (χ0n) is 13.7. The minimum absolute atomic E-state index is 0.136. The second kappa shape index (κ2) is 8.00. The molecule has 116 valence electrons. The Kier molecular flexibility index (Phi) is 6.99. The minimum atomic E-state index is 0.136. The van der Waals surface area contributed by atoms with Gasteiger partial charge in [-0.05, 0) is 43.6 Å². The molecule has 0 aromatic heterocycles. The number of aliphatic hydroxyl groups excluding tert-OH is 1. The van der Waals surface area contributed by atoms with Gasteiger partial charge in [0.15, 0.2) is 0 Å². The molecule has 0 aromatic carbocycles. The Balaban J connectivity index is 2.80. The van der Waals surface area contributed by atoms with Crippen LogP contribution in [0.25, 0.3) is 0 Å². The first kappa shape index (κ1) is 17.5. The smallest absolute Gasteiger partial charge is 0.0672 e. The van der Waals surface area contributed by atoms with Crippen LogP contribution >= 0.6 is 0 Å². The summed E-state index contributed by atoms with van der Waals surface area (Å²) < 4.78 is 0. The molecule has 0 aromatic rings. The molecule has 20 heavy (non-hydrogen) atoms. The van der Waals surface area contributed by atoms with Gasteiger partial charge in [-0.15, -0.1) is 0 Å². The number of hydrogen-bond donors (Lipinski definition) is 1. The molecule has 0 bridgehead atoms. The van der Waals surface area contributed by atoms with Crippen LogP contribution in [0.3, 0.4) is 0 Å². The Bertz CT molecular complexity index is 316. The molecular weight excluding hydrogens is 248 g/mol. The third kappa shape index (κ3) is 4.75. The zero-order valence-corrected chi connectivity index (χ0v) is 13.7. The van der Waals surface area contributed by atoms with E-state index in [-0.39, 0.29) is 12.5 Å². The van der Waals surface area contributed by atoms with Crippen molar-refractivity contribution in [3.63, 3.8) is 0 Å². The number of rotatable bonds is 6. The van der Waals surface area contributed by atoms with Gasteiger partial charge in [-0.3, -0.25) is 4.90 Å². The van der Waals surface area contributed by atoms with Crippen LogP contribution < -0.4 is 0 Å². The van der Waals surface area contributed by atoms with E-state index in [1.807, 2.05) is 0 Å². The highest BCUT2D eigenvalue weighted by molar-refractivity contribution is 4.99. The van der Waals surface area contributed by atoms with Gasteiger partial charge >= 0.3 is 0 Å². The van der Waals surface area contributed by atoms with Crippen LogP contribution in [0.2, 0.25) is 0 Å². The van der Waals surface area contributed by atoms with E-state index in [4.69, 9.17) is 0 Å². The Morgan fingerprint density at radius 3 is 2.45 bits per heavy atom. The molecule has 0 amide bonds. The van der Waals surface area contributed by atoms with Crippen LogP contribution in [-0.2, 0) is 0 Å². The Morgan fingerprint density at radius 2 is 1.95 bits per heavy atom. The second-order valence-electron chi connectivity index (χ2n) is 7.29. The summed E-state index contributed by atoms with van der Waals surface area (Å²) in [4.78, 5) is 2.37. The third-order valence-electron chi connectivity index (χ3n) is 4.86. The van der Waals surface area contributed by atoms with E-state index < -0.39 is 0 Å². The Labute approximate surface area is 125 Å². The predicted molar refractivity (Wildman–Crippen MR) is 83.3 cm³/mol. The molecule has 1 aliphatic carbocycles. The molecule has 3 atom stereocenters. The highest BCUT2D eigenvalue weighted by Crippen LogP contribution is 2.41. The van der Waals surface area contributed by atoms with Gasteiger partial charge in [0.05, 0.1) is 18.6 Å². The first-order chi connectivity index (χ1) is 9.43. The third-order valence-corrected chi connectivity index (χ3v) is 4.86. The largest absolute Gasteiger partial charge is 0.395 e. The summed E-state index contributed by atoms with van der Waals surface area (Å²) >= 11 is 0. The van der Waals surface area contributed by atoms with E-state index >= 15 is 0 Å². The van der Waals surface area contributed by atoms with E-state index in [1.165, 1.54) is 6.42 Å². The molecule has 0 radical (unpaired) electrons. The van der Waals surface area contributed by atoms with Crippen molar-refractivity contribution in [3.05, 3.63) is 0 Å². The highest BCUT2D eigenvalue weighted by Gasteiger charge is 2.38. The van der Waals surface area contributed by atoms with Crippen LogP contribution in [0.15, 0.2) is 0 Å². The topological polar surface area (TPSA) is 47.3 Å². The Morgan fingerprint density at radius 1 is 1.25 bits per heavy atom. The van der Waals surface area contributed by atoms with Crippen LogP contribution in [0.5, 0.6) is 0 Å². The van der Waals surface area contributed by atoms with Crippen molar-refractivity contribution in [1.29, 1.82) is 5.26 Å². The van der Waals surface area contributed by atoms with Crippen LogP contribution in [0, 0.1) is 28.6 Å². The molecule has 0 saturated heterocycles. The van der Waals surface area contributed by atoms with Gasteiger partial charge in [0.2, 0.25) is 0 Å². The summed E-state index contributed by atoms with van der Waals surface area (Å²) in [6.45, 7) is 11.0. The molecule has 1 saturated carbocycles. The molecule has 3 nitrogen and oxygen atoms in total. The maximum Gasteiger partial charge on any atom is 0.0672 e. The van der Waals surface area contributed by atoms with Crippen molar-refractivity contribution >= 4 is 0 Å². The first-order valence-electron chi connectivity index (χ1n) is 8.18. The van der Waals surface area contributed by atoms with Gasteiger partial charge in [0.25, 0.3) is 0 Å². The number of hydrogen-bond acceptors (Lipinski definition) is 3. The number of nitriles is 1. The quantitative estimate of drug-likeness (QED) is 0.811. The fraction of sp³-hybridized carbons (Fsp3) is 0.941. The average molecular weight is 280 g/mol. The number of unbranched alkanes of at least 4 members (excludes halogenated alkanes) is 1. The monoisotopic (exact) mass is 280 g/mol. The van der Waals surface area contributed by atoms with Crippen molar-refractivity contribution in [2.75, 3.05) is 19.7 Å². The van der Waals surface area contributed by atoms with E-state index in [9.17, 15) is 10.4 Å². The van der Waals surface area contributed by atoms with E-state index in [0.29, 0.717) is 23.9 Å². The fourth-order valence-corrected chi connectivity index (χ4v) is 3.42. The van der Waals surface area contributed by atoms with Gasteiger partial charge in [-0.2, -0.15) is 5.26 Å². The van der Waals surface area contributed by atoms with Gasteiger partial charge in [0.1, 0.15) is 0 Å². The lowest BCUT2D eigenvalue weighted by atomic mass is 9.67. The summed E-state index contributed by atoms with van der Waals surface area (Å²) in [5.41, 5.74) is 0.314. The van der Waals surface area contributed by atoms with Gasteiger partial charge in [-0.25, -0.2) is 0 Å². The van der Waals surface area contributed by atoms with Crippen LogP contribution in [0.4, 0.5) is 0 Å². The van der Waals surface area contributed by atoms with E-state index in [0.717, 1.165) is 32.2 Å². The average Bonchev–Trinajstić information content (AvgIpc) is 2.41. The molecule has 1 rings (SSSR count). The summed E-state index contributed by atoms with van der Waals surface area (Å²) in [6.07, 6.45) is 5.59. The van der Waals surface area contributed by atoms with Gasteiger partial charge in [-0.1, -0.05) is 34.1 Å². The molecule has 0 spiro atoms. The summed E-state index contributed by atoms with van der Waals surface area (Å²) in [5, 5.41) is 18.8. The van der Waals surface area contributed by atoms with Gasteiger partial charge < -0.3 is 5.11 Å². The summed E-state index contributed by atoms with van der Waals surface area (Å²) in [6, 6.07) is 2.85. The lowest BCUT2D eigenvalue weighted by Gasteiger charge is -2.44. The summed E-state index contributed by atoms with van der Waals surface area (Å²) in [5.74, 6) is 0.817. The highest BCUT2D eigenvalue weighted by atomic mass is 16.3. The van der Waals surface area contributed by atoms with Crippen molar-refractivity contribution in [3.8, 4) is 6.07 Å². The zero-order chi connectivity index (χ0) is 15.2. The fourth-order valence-electron chi connectivity index (χ4n) is 3.42.